The van der Waals surface area contributed by atoms with Crippen LogP contribution in [0.5, 0.6) is 0 Å². The van der Waals surface area contributed by atoms with Crippen molar-refractivity contribution in [3.63, 3.8) is 0 Å². The lowest BCUT2D eigenvalue weighted by molar-refractivity contribution is -0.139. The maximum absolute atomic E-state index is 13.3. The normalized spacial score (nSPS) is 11.7. The van der Waals surface area contributed by atoms with Crippen LogP contribution in [0.2, 0.25) is 5.02 Å². The predicted octanol–water partition coefficient (Wildman–Crippen LogP) is 5.05. The third kappa shape index (κ3) is 7.33. The number of amides is 2. The molecule has 2 aromatic carbocycles. The molecule has 162 valence electrons. The first-order chi connectivity index (χ1) is 14.5. The number of nitrogens with one attached hydrogen (secondary N) is 1. The molecule has 0 saturated carbocycles. The summed E-state index contributed by atoms with van der Waals surface area (Å²) in [5, 5.41) is 3.56. The van der Waals surface area contributed by atoms with E-state index in [9.17, 15) is 14.0 Å². The van der Waals surface area contributed by atoms with Gasteiger partial charge >= 0.3 is 0 Å². The van der Waals surface area contributed by atoms with Gasteiger partial charge in [0.05, 0.1) is 5.75 Å². The Morgan fingerprint density at radius 2 is 1.83 bits per heavy atom. The SMILES string of the molecule is CCCNC(=O)[C@@H](CC)N(Cc1ccc(F)cc1)C(=O)CSCc1ccccc1Cl. The average Bonchev–Trinajstić information content (AvgIpc) is 2.74. The van der Waals surface area contributed by atoms with Crippen LogP contribution in [0, 0.1) is 5.82 Å². The van der Waals surface area contributed by atoms with Crippen molar-refractivity contribution in [2.24, 2.45) is 0 Å². The van der Waals surface area contributed by atoms with Crippen molar-refractivity contribution in [2.75, 3.05) is 12.3 Å². The lowest BCUT2D eigenvalue weighted by Crippen LogP contribution is -2.49. The van der Waals surface area contributed by atoms with E-state index >= 15 is 0 Å². The quantitative estimate of drug-likeness (QED) is 0.521. The molecule has 30 heavy (non-hydrogen) atoms. The van der Waals surface area contributed by atoms with Gasteiger partial charge in [0.15, 0.2) is 0 Å². The average molecular weight is 451 g/mol. The summed E-state index contributed by atoms with van der Waals surface area (Å²) >= 11 is 7.65. The molecule has 0 aliphatic carbocycles. The van der Waals surface area contributed by atoms with Gasteiger partial charge in [0, 0.05) is 23.9 Å². The van der Waals surface area contributed by atoms with E-state index in [0.29, 0.717) is 23.7 Å². The molecule has 0 fully saturated rings. The molecule has 2 amide bonds. The Labute approximate surface area is 187 Å². The Morgan fingerprint density at radius 3 is 2.47 bits per heavy atom. The summed E-state index contributed by atoms with van der Waals surface area (Å²) in [7, 11) is 0. The highest BCUT2D eigenvalue weighted by Gasteiger charge is 2.28. The van der Waals surface area contributed by atoms with E-state index < -0.39 is 6.04 Å². The van der Waals surface area contributed by atoms with Crippen molar-refractivity contribution in [3.8, 4) is 0 Å². The third-order valence-electron chi connectivity index (χ3n) is 4.64. The van der Waals surface area contributed by atoms with Gasteiger partial charge in [-0.3, -0.25) is 9.59 Å². The van der Waals surface area contributed by atoms with E-state index in [-0.39, 0.29) is 29.9 Å². The standard InChI is InChI=1S/C23H28ClFN2O2S/c1-3-13-26-23(29)21(4-2)27(14-17-9-11-19(25)12-10-17)22(28)16-30-15-18-7-5-6-8-20(18)24/h5-12,21H,3-4,13-16H2,1-2H3,(H,26,29)/t21-/m1/s1. The van der Waals surface area contributed by atoms with Crippen LogP contribution in [0.15, 0.2) is 48.5 Å². The molecular formula is C23H28ClFN2O2S. The highest BCUT2D eigenvalue weighted by atomic mass is 35.5. The highest BCUT2D eigenvalue weighted by Crippen LogP contribution is 2.22. The van der Waals surface area contributed by atoms with Crippen LogP contribution in [-0.4, -0.2) is 35.1 Å². The molecule has 0 unspecified atom stereocenters. The fraction of sp³-hybridized carbons (Fsp3) is 0.391. The second-order valence-electron chi connectivity index (χ2n) is 6.95. The molecule has 2 aromatic rings. The number of rotatable bonds is 11. The zero-order valence-electron chi connectivity index (χ0n) is 17.4. The van der Waals surface area contributed by atoms with Gasteiger partial charge in [-0.2, -0.15) is 0 Å². The molecule has 0 heterocycles. The number of carbonyl (C=O) groups excluding carboxylic acids is 2. The molecule has 1 atom stereocenters. The minimum atomic E-state index is -0.574. The zero-order valence-corrected chi connectivity index (χ0v) is 18.9. The van der Waals surface area contributed by atoms with E-state index in [2.05, 4.69) is 5.32 Å². The molecule has 0 bridgehead atoms. The second kappa shape index (κ2) is 12.6. The number of thioether (sulfide) groups is 1. The molecule has 0 aliphatic rings. The van der Waals surface area contributed by atoms with Crippen molar-refractivity contribution >= 4 is 35.2 Å². The Hall–Kier alpha value is -2.05. The molecule has 0 aliphatic heterocycles. The highest BCUT2D eigenvalue weighted by molar-refractivity contribution is 7.99. The summed E-state index contributed by atoms with van der Waals surface area (Å²) in [6.45, 7) is 4.69. The predicted molar refractivity (Wildman–Crippen MR) is 122 cm³/mol. The lowest BCUT2D eigenvalue weighted by atomic mass is 10.1. The summed E-state index contributed by atoms with van der Waals surface area (Å²) < 4.78 is 13.3. The Morgan fingerprint density at radius 1 is 1.13 bits per heavy atom. The fourth-order valence-electron chi connectivity index (χ4n) is 3.02. The lowest BCUT2D eigenvalue weighted by Gasteiger charge is -2.30. The van der Waals surface area contributed by atoms with Crippen molar-refractivity contribution in [1.29, 1.82) is 0 Å². The van der Waals surface area contributed by atoms with Crippen LogP contribution in [-0.2, 0) is 21.9 Å². The minimum absolute atomic E-state index is 0.130. The molecule has 4 nitrogen and oxygen atoms in total. The number of hydrogen-bond donors (Lipinski definition) is 1. The summed E-state index contributed by atoms with van der Waals surface area (Å²) in [4.78, 5) is 27.4. The fourth-order valence-corrected chi connectivity index (χ4v) is 4.21. The van der Waals surface area contributed by atoms with E-state index in [4.69, 9.17) is 11.6 Å². The Balaban J connectivity index is 2.11. The second-order valence-corrected chi connectivity index (χ2v) is 8.34. The molecule has 1 N–H and O–H groups in total. The smallest absolute Gasteiger partial charge is 0.242 e. The molecule has 0 spiro atoms. The van der Waals surface area contributed by atoms with Gasteiger partial charge in [0.25, 0.3) is 0 Å². The largest absolute Gasteiger partial charge is 0.354 e. The Bertz CT molecular complexity index is 832. The van der Waals surface area contributed by atoms with Crippen LogP contribution >= 0.6 is 23.4 Å². The first-order valence-corrected chi connectivity index (χ1v) is 11.6. The molecule has 0 radical (unpaired) electrons. The van der Waals surface area contributed by atoms with E-state index in [1.54, 1.807) is 17.0 Å². The van der Waals surface area contributed by atoms with Gasteiger partial charge < -0.3 is 10.2 Å². The molecule has 0 saturated heterocycles. The first-order valence-electron chi connectivity index (χ1n) is 10.1. The van der Waals surface area contributed by atoms with Gasteiger partial charge in [-0.05, 0) is 42.2 Å². The van der Waals surface area contributed by atoms with Crippen LogP contribution in [0.25, 0.3) is 0 Å². The summed E-state index contributed by atoms with van der Waals surface area (Å²) in [5.41, 5.74) is 1.75. The van der Waals surface area contributed by atoms with E-state index in [1.165, 1.54) is 23.9 Å². The minimum Gasteiger partial charge on any atom is -0.354 e. The topological polar surface area (TPSA) is 49.4 Å². The number of carbonyl (C=O) groups is 2. The molecule has 0 aromatic heterocycles. The van der Waals surface area contributed by atoms with E-state index in [0.717, 1.165) is 17.5 Å². The van der Waals surface area contributed by atoms with Crippen molar-refractivity contribution in [3.05, 3.63) is 70.5 Å². The molecule has 2 rings (SSSR count). The zero-order chi connectivity index (χ0) is 21.9. The summed E-state index contributed by atoms with van der Waals surface area (Å²) in [6.07, 6.45) is 1.32. The van der Waals surface area contributed by atoms with Crippen LogP contribution < -0.4 is 5.32 Å². The van der Waals surface area contributed by atoms with Gasteiger partial charge in [-0.25, -0.2) is 4.39 Å². The van der Waals surface area contributed by atoms with Gasteiger partial charge in [-0.15, -0.1) is 11.8 Å². The van der Waals surface area contributed by atoms with Gasteiger partial charge in [0.2, 0.25) is 11.8 Å². The van der Waals surface area contributed by atoms with Crippen LogP contribution in [0.3, 0.4) is 0 Å². The van der Waals surface area contributed by atoms with Crippen LogP contribution in [0.1, 0.15) is 37.8 Å². The maximum atomic E-state index is 13.3. The maximum Gasteiger partial charge on any atom is 0.242 e. The summed E-state index contributed by atoms with van der Waals surface area (Å²) in [6, 6.07) is 13.0. The molecular weight excluding hydrogens is 423 g/mol. The van der Waals surface area contributed by atoms with Gasteiger partial charge in [-0.1, -0.05) is 55.8 Å². The van der Waals surface area contributed by atoms with E-state index in [1.807, 2.05) is 38.1 Å². The number of halogens is 2. The van der Waals surface area contributed by atoms with Crippen molar-refractivity contribution in [2.45, 2.75) is 45.0 Å². The third-order valence-corrected chi connectivity index (χ3v) is 5.98. The Kier molecular flexibility index (Phi) is 10.2. The molecule has 7 heteroatoms. The van der Waals surface area contributed by atoms with Gasteiger partial charge in [0.1, 0.15) is 11.9 Å². The number of benzene rings is 2. The summed E-state index contributed by atoms with van der Waals surface area (Å²) in [5.74, 6) is 0.207. The number of hydrogen-bond acceptors (Lipinski definition) is 3. The number of nitrogens with zero attached hydrogens (tertiary/aromatic N) is 1. The van der Waals surface area contributed by atoms with Crippen molar-refractivity contribution in [1.82, 2.24) is 10.2 Å². The van der Waals surface area contributed by atoms with Crippen molar-refractivity contribution < 1.29 is 14.0 Å². The van der Waals surface area contributed by atoms with Crippen LogP contribution in [0.4, 0.5) is 4.39 Å². The monoisotopic (exact) mass is 450 g/mol. The first kappa shape index (κ1) is 24.2.